The molecule has 0 spiro atoms. The summed E-state index contributed by atoms with van der Waals surface area (Å²) in [6, 6.07) is 6.44. The van der Waals surface area contributed by atoms with Crippen LogP contribution in [0.15, 0.2) is 28.8 Å². The van der Waals surface area contributed by atoms with Crippen molar-refractivity contribution in [1.82, 2.24) is 15.0 Å². The van der Waals surface area contributed by atoms with Crippen LogP contribution in [0, 0.1) is 11.7 Å². The molecule has 0 saturated carbocycles. The summed E-state index contributed by atoms with van der Waals surface area (Å²) in [5.41, 5.74) is 6.65. The van der Waals surface area contributed by atoms with Crippen LogP contribution in [0.4, 0.5) is 4.39 Å². The Bertz CT molecular complexity index is 613. The second-order valence-corrected chi connectivity index (χ2v) is 5.91. The lowest BCUT2D eigenvalue weighted by atomic mass is 9.91. The summed E-state index contributed by atoms with van der Waals surface area (Å²) in [4.78, 5) is 6.73. The van der Waals surface area contributed by atoms with E-state index >= 15 is 0 Å². The number of rotatable bonds is 4. The van der Waals surface area contributed by atoms with Crippen LogP contribution in [-0.2, 0) is 6.54 Å². The molecule has 5 nitrogen and oxygen atoms in total. The molecule has 1 aromatic carbocycles. The lowest BCUT2D eigenvalue weighted by molar-refractivity contribution is 0.0874. The summed E-state index contributed by atoms with van der Waals surface area (Å²) >= 11 is 0. The van der Waals surface area contributed by atoms with Gasteiger partial charge in [-0.3, -0.25) is 4.90 Å². The van der Waals surface area contributed by atoms with Gasteiger partial charge in [0.2, 0.25) is 11.7 Å². The van der Waals surface area contributed by atoms with E-state index in [0.29, 0.717) is 36.8 Å². The quantitative estimate of drug-likeness (QED) is 0.939. The molecule has 6 heteroatoms. The highest BCUT2D eigenvalue weighted by Gasteiger charge is 2.28. The van der Waals surface area contributed by atoms with E-state index in [1.54, 1.807) is 12.1 Å². The summed E-state index contributed by atoms with van der Waals surface area (Å²) in [6.07, 6.45) is 2.37. The van der Waals surface area contributed by atoms with Crippen LogP contribution in [0.5, 0.6) is 0 Å². The highest BCUT2D eigenvalue weighted by atomic mass is 19.1. The molecular weight excluding hydrogens is 283 g/mol. The van der Waals surface area contributed by atoms with E-state index in [0.717, 1.165) is 18.5 Å². The van der Waals surface area contributed by atoms with Crippen molar-refractivity contribution in [2.75, 3.05) is 13.1 Å². The maximum absolute atomic E-state index is 13.0. The van der Waals surface area contributed by atoms with Crippen LogP contribution in [0.2, 0.25) is 0 Å². The number of aromatic nitrogens is 2. The van der Waals surface area contributed by atoms with E-state index in [4.69, 9.17) is 10.3 Å². The molecule has 2 heterocycles. The fraction of sp³-hybridized carbons (Fsp3) is 0.500. The lowest BCUT2D eigenvalue weighted by Crippen LogP contribution is -2.48. The second kappa shape index (κ2) is 6.54. The van der Waals surface area contributed by atoms with Crippen molar-refractivity contribution in [1.29, 1.82) is 0 Å². The average Bonchev–Trinajstić information content (AvgIpc) is 2.97. The van der Waals surface area contributed by atoms with Crippen LogP contribution in [0.25, 0.3) is 11.4 Å². The first-order chi connectivity index (χ1) is 10.7. The summed E-state index contributed by atoms with van der Waals surface area (Å²) in [6.45, 7) is 4.49. The SMILES string of the molecule is CC1CCCN(Cc2nc(-c3ccc(F)cc3)no2)C1CN. The molecule has 3 rings (SSSR count). The zero-order valence-corrected chi connectivity index (χ0v) is 12.7. The van der Waals surface area contributed by atoms with Gasteiger partial charge in [0.15, 0.2) is 0 Å². The Balaban J connectivity index is 1.72. The van der Waals surface area contributed by atoms with Crippen molar-refractivity contribution >= 4 is 0 Å². The van der Waals surface area contributed by atoms with E-state index in [1.807, 2.05) is 0 Å². The minimum Gasteiger partial charge on any atom is -0.338 e. The zero-order chi connectivity index (χ0) is 15.5. The van der Waals surface area contributed by atoms with E-state index in [-0.39, 0.29) is 5.82 Å². The van der Waals surface area contributed by atoms with Crippen LogP contribution < -0.4 is 5.73 Å². The lowest BCUT2D eigenvalue weighted by Gasteiger charge is -2.38. The van der Waals surface area contributed by atoms with Crippen molar-refractivity contribution in [3.8, 4) is 11.4 Å². The first kappa shape index (κ1) is 15.1. The molecule has 0 bridgehead atoms. The molecule has 22 heavy (non-hydrogen) atoms. The molecule has 118 valence electrons. The van der Waals surface area contributed by atoms with Crippen LogP contribution in [-0.4, -0.2) is 34.2 Å². The molecule has 2 unspecified atom stereocenters. The maximum atomic E-state index is 13.0. The van der Waals surface area contributed by atoms with Crippen molar-refractivity contribution in [3.63, 3.8) is 0 Å². The highest BCUT2D eigenvalue weighted by Crippen LogP contribution is 2.24. The first-order valence-electron chi connectivity index (χ1n) is 7.70. The molecule has 2 atom stereocenters. The van der Waals surface area contributed by atoms with E-state index in [1.165, 1.54) is 18.6 Å². The second-order valence-electron chi connectivity index (χ2n) is 5.91. The first-order valence-corrected chi connectivity index (χ1v) is 7.70. The molecule has 1 aliphatic heterocycles. The van der Waals surface area contributed by atoms with Gasteiger partial charge >= 0.3 is 0 Å². The van der Waals surface area contributed by atoms with E-state index in [9.17, 15) is 4.39 Å². The molecule has 2 aromatic rings. The normalized spacial score (nSPS) is 22.9. The third-order valence-corrected chi connectivity index (χ3v) is 4.38. The third kappa shape index (κ3) is 3.18. The molecule has 2 N–H and O–H groups in total. The Hall–Kier alpha value is -1.79. The zero-order valence-electron chi connectivity index (χ0n) is 12.7. The highest BCUT2D eigenvalue weighted by molar-refractivity contribution is 5.53. The number of likely N-dealkylation sites (tertiary alicyclic amines) is 1. The van der Waals surface area contributed by atoms with Gasteiger partial charge in [0.1, 0.15) is 5.82 Å². The number of nitrogens with zero attached hydrogens (tertiary/aromatic N) is 3. The summed E-state index contributed by atoms with van der Waals surface area (Å²) in [7, 11) is 0. The van der Waals surface area contributed by atoms with Gasteiger partial charge in [-0.2, -0.15) is 4.98 Å². The number of piperidine rings is 1. The molecule has 0 amide bonds. The molecule has 1 aromatic heterocycles. The molecule has 1 aliphatic rings. The van der Waals surface area contributed by atoms with Gasteiger partial charge < -0.3 is 10.3 Å². The Morgan fingerprint density at radius 1 is 1.36 bits per heavy atom. The Morgan fingerprint density at radius 3 is 2.86 bits per heavy atom. The monoisotopic (exact) mass is 304 g/mol. The number of benzene rings is 1. The predicted molar refractivity (Wildman–Crippen MR) is 81.3 cm³/mol. The van der Waals surface area contributed by atoms with Crippen molar-refractivity contribution < 1.29 is 8.91 Å². The Morgan fingerprint density at radius 2 is 2.14 bits per heavy atom. The maximum Gasteiger partial charge on any atom is 0.241 e. The summed E-state index contributed by atoms with van der Waals surface area (Å²) in [5, 5.41) is 3.99. The summed E-state index contributed by atoms with van der Waals surface area (Å²) in [5.74, 6) is 1.37. The van der Waals surface area contributed by atoms with Crippen LogP contribution in [0.1, 0.15) is 25.7 Å². The molecule has 0 radical (unpaired) electrons. The Labute approximate surface area is 129 Å². The van der Waals surface area contributed by atoms with Crippen LogP contribution in [0.3, 0.4) is 0 Å². The van der Waals surface area contributed by atoms with Gasteiger partial charge in [0.05, 0.1) is 6.54 Å². The standard InChI is InChI=1S/C16H21FN4O/c1-11-3-2-8-21(14(11)9-18)10-15-19-16(20-22-15)12-4-6-13(17)7-5-12/h4-7,11,14H,2-3,8-10,18H2,1H3. The van der Waals surface area contributed by atoms with Crippen molar-refractivity contribution in [3.05, 3.63) is 36.0 Å². The van der Waals surface area contributed by atoms with Gasteiger partial charge in [-0.05, 0) is 49.6 Å². The van der Waals surface area contributed by atoms with Crippen molar-refractivity contribution in [2.24, 2.45) is 11.7 Å². The third-order valence-electron chi connectivity index (χ3n) is 4.38. The van der Waals surface area contributed by atoms with E-state index < -0.39 is 0 Å². The van der Waals surface area contributed by atoms with Crippen LogP contribution >= 0.6 is 0 Å². The topological polar surface area (TPSA) is 68.2 Å². The molecule has 1 saturated heterocycles. The number of hydrogen-bond donors (Lipinski definition) is 1. The minimum atomic E-state index is -0.277. The van der Waals surface area contributed by atoms with Crippen molar-refractivity contribution in [2.45, 2.75) is 32.4 Å². The largest absolute Gasteiger partial charge is 0.338 e. The number of halogens is 1. The van der Waals surface area contributed by atoms with Gasteiger partial charge in [-0.25, -0.2) is 4.39 Å². The predicted octanol–water partition coefficient (Wildman–Crippen LogP) is 2.43. The number of hydrogen-bond acceptors (Lipinski definition) is 5. The number of nitrogens with two attached hydrogens (primary N) is 1. The molecular formula is C16H21FN4O. The van der Waals surface area contributed by atoms with E-state index in [2.05, 4.69) is 22.0 Å². The fourth-order valence-electron chi connectivity index (χ4n) is 3.12. The molecule has 0 aliphatic carbocycles. The minimum absolute atomic E-state index is 0.277. The van der Waals surface area contributed by atoms with Gasteiger partial charge in [0, 0.05) is 18.2 Å². The van der Waals surface area contributed by atoms with Gasteiger partial charge in [-0.15, -0.1) is 0 Å². The Kier molecular flexibility index (Phi) is 4.49. The average molecular weight is 304 g/mol. The fourth-order valence-corrected chi connectivity index (χ4v) is 3.12. The molecule has 1 fully saturated rings. The van der Waals surface area contributed by atoms with Gasteiger partial charge in [0.25, 0.3) is 0 Å². The smallest absolute Gasteiger partial charge is 0.241 e. The van der Waals surface area contributed by atoms with Gasteiger partial charge in [-0.1, -0.05) is 12.1 Å². The summed E-state index contributed by atoms with van der Waals surface area (Å²) < 4.78 is 18.3.